The van der Waals surface area contributed by atoms with Crippen LogP contribution in [0.1, 0.15) is 51.4 Å². The minimum Gasteiger partial charge on any atom is -0.303 e. The number of nitrogens with zero attached hydrogens (tertiary/aromatic N) is 1. The zero-order valence-electron chi connectivity index (χ0n) is 9.38. The molecule has 14 heavy (non-hydrogen) atoms. The fourth-order valence-corrected chi connectivity index (χ4v) is 2.38. The number of unbranched alkanes of at least 4 members (excludes halogenated alkanes) is 3. The van der Waals surface area contributed by atoms with Gasteiger partial charge in [-0.3, -0.25) is 0 Å². The summed E-state index contributed by atoms with van der Waals surface area (Å²) in [5, 5.41) is 0. The van der Waals surface area contributed by atoms with Gasteiger partial charge in [-0.1, -0.05) is 25.7 Å². The standard InChI is InChI=1S/C12H25NS/c14-12-8-4-3-7-11-13-9-5-1-2-6-10-13/h14H,1-12H2. The number of rotatable bonds is 6. The van der Waals surface area contributed by atoms with E-state index >= 15 is 0 Å². The maximum Gasteiger partial charge on any atom is -0.00187 e. The normalized spacial score (nSPS) is 19.5. The molecule has 1 heterocycles. The topological polar surface area (TPSA) is 3.24 Å². The minimum atomic E-state index is 1.06. The van der Waals surface area contributed by atoms with E-state index in [0.717, 1.165) is 5.75 Å². The largest absolute Gasteiger partial charge is 0.303 e. The van der Waals surface area contributed by atoms with E-state index in [1.54, 1.807) is 0 Å². The zero-order chi connectivity index (χ0) is 10.1. The summed E-state index contributed by atoms with van der Waals surface area (Å²) >= 11 is 4.23. The molecule has 0 N–H and O–H groups in total. The summed E-state index contributed by atoms with van der Waals surface area (Å²) in [6.45, 7) is 4.05. The summed E-state index contributed by atoms with van der Waals surface area (Å²) < 4.78 is 0. The predicted molar refractivity (Wildman–Crippen MR) is 67.2 cm³/mol. The molecule has 1 rings (SSSR count). The molecule has 0 saturated carbocycles. The van der Waals surface area contributed by atoms with Crippen LogP contribution in [0.4, 0.5) is 0 Å². The molecule has 0 radical (unpaired) electrons. The molecule has 1 nitrogen and oxygen atoms in total. The average Bonchev–Trinajstić information content (AvgIpc) is 2.46. The van der Waals surface area contributed by atoms with Gasteiger partial charge in [0.15, 0.2) is 0 Å². The van der Waals surface area contributed by atoms with Crippen LogP contribution in [0.25, 0.3) is 0 Å². The van der Waals surface area contributed by atoms with Gasteiger partial charge in [-0.05, 0) is 51.1 Å². The van der Waals surface area contributed by atoms with Crippen LogP contribution in [0.2, 0.25) is 0 Å². The molecule has 0 atom stereocenters. The van der Waals surface area contributed by atoms with Crippen molar-refractivity contribution in [1.29, 1.82) is 0 Å². The first-order valence-corrected chi connectivity index (χ1v) is 6.90. The van der Waals surface area contributed by atoms with Crippen molar-refractivity contribution in [1.82, 2.24) is 4.90 Å². The Morgan fingerprint density at radius 1 is 0.786 bits per heavy atom. The van der Waals surface area contributed by atoms with Gasteiger partial charge in [-0.2, -0.15) is 12.6 Å². The Bertz CT molecular complexity index is 119. The van der Waals surface area contributed by atoms with Gasteiger partial charge < -0.3 is 4.90 Å². The Labute approximate surface area is 94.7 Å². The number of likely N-dealkylation sites (tertiary alicyclic amines) is 1. The Balaban J connectivity index is 1.93. The third-order valence-corrected chi connectivity index (χ3v) is 3.40. The van der Waals surface area contributed by atoms with Crippen LogP contribution in [0, 0.1) is 0 Å². The molecule has 0 aromatic heterocycles. The molecule has 2 heteroatoms. The van der Waals surface area contributed by atoms with E-state index < -0.39 is 0 Å². The maximum atomic E-state index is 4.23. The van der Waals surface area contributed by atoms with Gasteiger partial charge in [-0.15, -0.1) is 0 Å². The third-order valence-electron chi connectivity index (χ3n) is 3.08. The lowest BCUT2D eigenvalue weighted by molar-refractivity contribution is 0.278. The molecule has 1 fully saturated rings. The van der Waals surface area contributed by atoms with Crippen LogP contribution in [0.3, 0.4) is 0 Å². The molecule has 0 aliphatic carbocycles. The Kier molecular flexibility index (Phi) is 7.61. The van der Waals surface area contributed by atoms with E-state index in [1.807, 2.05) is 0 Å². The van der Waals surface area contributed by atoms with Gasteiger partial charge in [-0.25, -0.2) is 0 Å². The molecule has 0 aromatic carbocycles. The second kappa shape index (κ2) is 8.60. The van der Waals surface area contributed by atoms with Gasteiger partial charge in [0.2, 0.25) is 0 Å². The van der Waals surface area contributed by atoms with Crippen LogP contribution in [-0.2, 0) is 0 Å². The van der Waals surface area contributed by atoms with Gasteiger partial charge >= 0.3 is 0 Å². The van der Waals surface area contributed by atoms with Crippen LogP contribution in [0.15, 0.2) is 0 Å². The highest BCUT2D eigenvalue weighted by Gasteiger charge is 2.07. The number of hydrogen-bond donors (Lipinski definition) is 1. The highest BCUT2D eigenvalue weighted by atomic mass is 32.1. The minimum absolute atomic E-state index is 1.06. The van der Waals surface area contributed by atoms with E-state index in [4.69, 9.17) is 0 Å². The summed E-state index contributed by atoms with van der Waals surface area (Å²) in [5.74, 6) is 1.06. The first-order valence-electron chi connectivity index (χ1n) is 6.26. The summed E-state index contributed by atoms with van der Waals surface area (Å²) in [6.07, 6.45) is 11.2. The monoisotopic (exact) mass is 215 g/mol. The fourth-order valence-electron chi connectivity index (χ4n) is 2.16. The molecule has 1 saturated heterocycles. The molecule has 0 bridgehead atoms. The summed E-state index contributed by atoms with van der Waals surface area (Å²) in [5.41, 5.74) is 0. The second-order valence-electron chi connectivity index (χ2n) is 4.39. The second-order valence-corrected chi connectivity index (χ2v) is 4.84. The fraction of sp³-hybridized carbons (Fsp3) is 1.00. The van der Waals surface area contributed by atoms with E-state index in [0.29, 0.717) is 0 Å². The van der Waals surface area contributed by atoms with Crippen molar-refractivity contribution < 1.29 is 0 Å². The summed E-state index contributed by atoms with van der Waals surface area (Å²) in [7, 11) is 0. The van der Waals surface area contributed by atoms with Crippen LogP contribution in [-0.4, -0.2) is 30.3 Å². The van der Waals surface area contributed by atoms with E-state index in [9.17, 15) is 0 Å². The number of hydrogen-bond acceptors (Lipinski definition) is 2. The van der Waals surface area contributed by atoms with Gasteiger partial charge in [0, 0.05) is 0 Å². The molecule has 84 valence electrons. The highest BCUT2D eigenvalue weighted by molar-refractivity contribution is 7.80. The molecule has 0 unspecified atom stereocenters. The Hall–Kier alpha value is 0.310. The van der Waals surface area contributed by atoms with Gasteiger partial charge in [0.25, 0.3) is 0 Å². The molecule has 1 aliphatic rings. The summed E-state index contributed by atoms with van der Waals surface area (Å²) in [4.78, 5) is 2.66. The SMILES string of the molecule is SCCCCCCN1CCCCCC1. The third kappa shape index (κ3) is 5.92. The lowest BCUT2D eigenvalue weighted by Crippen LogP contribution is -2.25. The number of thiol groups is 1. The van der Waals surface area contributed by atoms with E-state index in [2.05, 4.69) is 17.5 Å². The quantitative estimate of drug-likeness (QED) is 0.525. The highest BCUT2D eigenvalue weighted by Crippen LogP contribution is 2.11. The smallest absolute Gasteiger partial charge is 0.00187 e. The lowest BCUT2D eigenvalue weighted by atomic mass is 10.2. The van der Waals surface area contributed by atoms with Crippen molar-refractivity contribution >= 4 is 12.6 Å². The van der Waals surface area contributed by atoms with Crippen molar-refractivity contribution in [2.24, 2.45) is 0 Å². The van der Waals surface area contributed by atoms with E-state index in [1.165, 1.54) is 71.0 Å². The Morgan fingerprint density at radius 3 is 2.07 bits per heavy atom. The van der Waals surface area contributed by atoms with E-state index in [-0.39, 0.29) is 0 Å². The molecule has 0 spiro atoms. The van der Waals surface area contributed by atoms with Crippen molar-refractivity contribution in [3.63, 3.8) is 0 Å². The van der Waals surface area contributed by atoms with Crippen LogP contribution in [0.5, 0.6) is 0 Å². The average molecular weight is 215 g/mol. The van der Waals surface area contributed by atoms with Crippen molar-refractivity contribution in [2.45, 2.75) is 51.4 Å². The first kappa shape index (κ1) is 12.4. The first-order chi connectivity index (χ1) is 6.93. The maximum absolute atomic E-state index is 4.23. The molecular weight excluding hydrogens is 190 g/mol. The van der Waals surface area contributed by atoms with Crippen molar-refractivity contribution in [3.8, 4) is 0 Å². The molecular formula is C12H25NS. The molecule has 1 aliphatic heterocycles. The van der Waals surface area contributed by atoms with Gasteiger partial charge in [0.05, 0.1) is 0 Å². The van der Waals surface area contributed by atoms with Crippen LogP contribution >= 0.6 is 12.6 Å². The zero-order valence-corrected chi connectivity index (χ0v) is 10.3. The lowest BCUT2D eigenvalue weighted by Gasteiger charge is -2.19. The van der Waals surface area contributed by atoms with Crippen molar-refractivity contribution in [3.05, 3.63) is 0 Å². The van der Waals surface area contributed by atoms with Crippen molar-refractivity contribution in [2.75, 3.05) is 25.4 Å². The van der Waals surface area contributed by atoms with Gasteiger partial charge in [0.1, 0.15) is 0 Å². The van der Waals surface area contributed by atoms with Crippen LogP contribution < -0.4 is 0 Å². The molecule has 0 amide bonds. The summed E-state index contributed by atoms with van der Waals surface area (Å²) in [6, 6.07) is 0. The Morgan fingerprint density at radius 2 is 1.43 bits per heavy atom. The predicted octanol–water partition coefficient (Wildman–Crippen LogP) is 3.35. The molecule has 0 aromatic rings.